The Morgan fingerprint density at radius 1 is 1.08 bits per heavy atom. The van der Waals surface area contributed by atoms with E-state index in [9.17, 15) is 9.59 Å². The van der Waals surface area contributed by atoms with Crippen molar-refractivity contribution in [3.8, 4) is 5.75 Å². The second-order valence-electron chi connectivity index (χ2n) is 8.16. The van der Waals surface area contributed by atoms with Crippen LogP contribution in [0.5, 0.6) is 5.75 Å². The summed E-state index contributed by atoms with van der Waals surface area (Å²) in [5.74, 6) is 0.229. The van der Waals surface area contributed by atoms with Crippen LogP contribution in [0.15, 0.2) is 93.2 Å². The molecule has 1 atom stereocenters. The SMILES string of the molecule is CCOc1ccc(C2C(C(=O)OCc3ccccc3)=C(C)N=c3s/c(=C\c4cccs4)c(=O)n32)cc1. The number of carbonyl (C=O) groups excluding carboxylic acids is 1. The second kappa shape index (κ2) is 10.5. The normalized spacial score (nSPS) is 15.4. The van der Waals surface area contributed by atoms with Crippen LogP contribution in [0.4, 0.5) is 0 Å². The van der Waals surface area contributed by atoms with Crippen LogP contribution in [0.1, 0.15) is 35.9 Å². The van der Waals surface area contributed by atoms with Crippen LogP contribution in [0.25, 0.3) is 6.08 Å². The summed E-state index contributed by atoms with van der Waals surface area (Å²) in [6.45, 7) is 4.40. The summed E-state index contributed by atoms with van der Waals surface area (Å²) in [6, 6.07) is 20.2. The number of aromatic nitrogens is 1. The summed E-state index contributed by atoms with van der Waals surface area (Å²) in [5, 5.41) is 1.97. The lowest BCUT2D eigenvalue weighted by molar-refractivity contribution is -0.140. The van der Waals surface area contributed by atoms with Gasteiger partial charge in [-0.25, -0.2) is 9.79 Å². The molecule has 0 spiro atoms. The smallest absolute Gasteiger partial charge is 0.338 e. The lowest BCUT2D eigenvalue weighted by atomic mass is 9.96. The van der Waals surface area contributed by atoms with Crippen molar-refractivity contribution in [2.45, 2.75) is 26.5 Å². The lowest BCUT2D eigenvalue weighted by Crippen LogP contribution is -2.39. The number of hydrogen-bond acceptors (Lipinski definition) is 7. The average molecular weight is 517 g/mol. The fourth-order valence-electron chi connectivity index (χ4n) is 4.11. The van der Waals surface area contributed by atoms with Crippen molar-refractivity contribution in [2.75, 3.05) is 6.61 Å². The number of thiophene rings is 1. The third-order valence-electron chi connectivity index (χ3n) is 5.78. The Bertz CT molecular complexity index is 1580. The largest absolute Gasteiger partial charge is 0.494 e. The number of hydrogen-bond donors (Lipinski definition) is 0. The Hall–Kier alpha value is -3.75. The number of carbonyl (C=O) groups is 1. The van der Waals surface area contributed by atoms with Crippen molar-refractivity contribution >= 4 is 34.7 Å². The van der Waals surface area contributed by atoms with Gasteiger partial charge in [-0.2, -0.15) is 0 Å². The number of esters is 1. The molecule has 5 rings (SSSR count). The van der Waals surface area contributed by atoms with E-state index in [0.717, 1.165) is 21.8 Å². The molecule has 0 N–H and O–H groups in total. The number of thiazole rings is 1. The fourth-order valence-corrected chi connectivity index (χ4v) is 5.88. The molecule has 6 nitrogen and oxygen atoms in total. The number of rotatable bonds is 7. The van der Waals surface area contributed by atoms with Gasteiger partial charge in [0.25, 0.3) is 5.56 Å². The molecule has 1 unspecified atom stereocenters. The van der Waals surface area contributed by atoms with Gasteiger partial charge >= 0.3 is 5.97 Å². The maximum atomic E-state index is 13.6. The van der Waals surface area contributed by atoms with Crippen LogP contribution in [0.2, 0.25) is 0 Å². The van der Waals surface area contributed by atoms with E-state index in [1.54, 1.807) is 22.8 Å². The van der Waals surface area contributed by atoms with E-state index < -0.39 is 12.0 Å². The zero-order chi connectivity index (χ0) is 25.1. The van der Waals surface area contributed by atoms with Crippen molar-refractivity contribution in [2.24, 2.45) is 4.99 Å². The summed E-state index contributed by atoms with van der Waals surface area (Å²) >= 11 is 2.88. The number of nitrogens with zero attached hydrogens (tertiary/aromatic N) is 2. The van der Waals surface area contributed by atoms with E-state index in [2.05, 4.69) is 4.99 Å². The molecule has 182 valence electrons. The fraction of sp³-hybridized carbons (Fsp3) is 0.179. The minimum Gasteiger partial charge on any atom is -0.494 e. The van der Waals surface area contributed by atoms with E-state index in [4.69, 9.17) is 9.47 Å². The van der Waals surface area contributed by atoms with Crippen LogP contribution in [-0.4, -0.2) is 17.1 Å². The van der Waals surface area contributed by atoms with Crippen molar-refractivity contribution in [3.05, 3.63) is 119 Å². The molecule has 0 fully saturated rings. The topological polar surface area (TPSA) is 69.9 Å². The highest BCUT2D eigenvalue weighted by Crippen LogP contribution is 2.32. The van der Waals surface area contributed by atoms with Gasteiger partial charge in [-0.05, 0) is 54.6 Å². The summed E-state index contributed by atoms with van der Waals surface area (Å²) in [4.78, 5) is 33.3. The third kappa shape index (κ3) is 4.82. The molecule has 3 heterocycles. The Morgan fingerprint density at radius 3 is 2.56 bits per heavy atom. The molecule has 2 aromatic heterocycles. The van der Waals surface area contributed by atoms with Gasteiger partial charge in [-0.1, -0.05) is 59.9 Å². The molecular weight excluding hydrogens is 492 g/mol. The predicted molar refractivity (Wildman–Crippen MR) is 142 cm³/mol. The first-order chi connectivity index (χ1) is 17.5. The molecule has 4 aromatic rings. The van der Waals surface area contributed by atoms with E-state index in [0.29, 0.717) is 27.2 Å². The predicted octanol–water partition coefficient (Wildman–Crippen LogP) is 4.44. The number of allylic oxidation sites excluding steroid dienone is 1. The summed E-state index contributed by atoms with van der Waals surface area (Å²) < 4.78 is 13.5. The van der Waals surface area contributed by atoms with E-state index in [1.165, 1.54) is 11.3 Å². The zero-order valence-corrected chi connectivity index (χ0v) is 21.5. The molecule has 0 aliphatic carbocycles. The van der Waals surface area contributed by atoms with Crippen LogP contribution < -0.4 is 19.6 Å². The molecule has 0 amide bonds. The highest BCUT2D eigenvalue weighted by atomic mass is 32.1. The van der Waals surface area contributed by atoms with Gasteiger partial charge < -0.3 is 9.47 Å². The van der Waals surface area contributed by atoms with Crippen molar-refractivity contribution in [1.82, 2.24) is 4.57 Å². The molecular formula is C28H24N2O4S2. The van der Waals surface area contributed by atoms with Crippen LogP contribution in [0, 0.1) is 0 Å². The third-order valence-corrected chi connectivity index (χ3v) is 7.58. The van der Waals surface area contributed by atoms with Gasteiger partial charge in [0.2, 0.25) is 0 Å². The Morgan fingerprint density at radius 2 is 1.86 bits per heavy atom. The van der Waals surface area contributed by atoms with Gasteiger partial charge in [0.1, 0.15) is 12.4 Å². The number of fused-ring (bicyclic) bond motifs is 1. The molecule has 0 bridgehead atoms. The van der Waals surface area contributed by atoms with E-state index in [1.807, 2.05) is 85.1 Å². The van der Waals surface area contributed by atoms with Gasteiger partial charge in [-0.15, -0.1) is 11.3 Å². The van der Waals surface area contributed by atoms with Crippen LogP contribution in [0.3, 0.4) is 0 Å². The van der Waals surface area contributed by atoms with Gasteiger partial charge in [-0.3, -0.25) is 9.36 Å². The van der Waals surface area contributed by atoms with Crippen molar-refractivity contribution in [1.29, 1.82) is 0 Å². The van der Waals surface area contributed by atoms with Crippen LogP contribution >= 0.6 is 22.7 Å². The minimum atomic E-state index is -0.661. The molecule has 36 heavy (non-hydrogen) atoms. The first-order valence-electron chi connectivity index (χ1n) is 11.5. The second-order valence-corrected chi connectivity index (χ2v) is 10.1. The van der Waals surface area contributed by atoms with E-state index in [-0.39, 0.29) is 12.2 Å². The molecule has 1 aliphatic rings. The highest BCUT2D eigenvalue weighted by Gasteiger charge is 2.33. The van der Waals surface area contributed by atoms with Crippen LogP contribution in [-0.2, 0) is 16.1 Å². The van der Waals surface area contributed by atoms with Crippen molar-refractivity contribution in [3.63, 3.8) is 0 Å². The number of ether oxygens (including phenoxy) is 2. The van der Waals surface area contributed by atoms with E-state index >= 15 is 0 Å². The van der Waals surface area contributed by atoms with Gasteiger partial charge in [0, 0.05) is 4.88 Å². The van der Waals surface area contributed by atoms with Gasteiger partial charge in [0.15, 0.2) is 4.80 Å². The average Bonchev–Trinajstić information content (AvgIpc) is 3.51. The quantitative estimate of drug-likeness (QED) is 0.341. The molecule has 8 heteroatoms. The standard InChI is InChI=1S/C28H24N2O4S2/c1-3-33-21-13-11-20(12-14-21)25-24(27(32)34-17-19-8-5-4-6-9-19)18(2)29-28-30(25)26(31)23(36-28)16-22-10-7-15-35-22/h4-16,25H,3,17H2,1-2H3/b23-16-. The molecule has 1 aliphatic heterocycles. The van der Waals surface area contributed by atoms with Gasteiger partial charge in [0.05, 0.1) is 28.5 Å². The zero-order valence-electron chi connectivity index (χ0n) is 19.8. The summed E-state index contributed by atoms with van der Waals surface area (Å²) in [6.07, 6.45) is 1.87. The summed E-state index contributed by atoms with van der Waals surface area (Å²) in [7, 11) is 0. The maximum absolute atomic E-state index is 13.6. The first-order valence-corrected chi connectivity index (χ1v) is 13.2. The first kappa shape index (κ1) is 24.0. The molecule has 0 saturated carbocycles. The maximum Gasteiger partial charge on any atom is 0.338 e. The Labute approximate surface area is 216 Å². The Kier molecular flexibility index (Phi) is 6.97. The molecule has 0 radical (unpaired) electrons. The number of benzene rings is 2. The highest BCUT2D eigenvalue weighted by molar-refractivity contribution is 7.11. The van der Waals surface area contributed by atoms with Crippen molar-refractivity contribution < 1.29 is 14.3 Å². The molecule has 0 saturated heterocycles. The minimum absolute atomic E-state index is 0.134. The lowest BCUT2D eigenvalue weighted by Gasteiger charge is -2.25. The molecule has 2 aromatic carbocycles. The Balaban J connectivity index is 1.60. The summed E-state index contributed by atoms with van der Waals surface area (Å²) in [5.41, 5.74) is 2.37. The monoisotopic (exact) mass is 516 g/mol.